The number of piperidine rings is 1. The molecule has 0 spiro atoms. The van der Waals surface area contributed by atoms with E-state index in [1.165, 1.54) is 0 Å². The molecule has 1 saturated heterocycles. The largest absolute Gasteiger partial charge is 0.382 e. The zero-order chi connectivity index (χ0) is 13.2. The lowest BCUT2D eigenvalue weighted by Crippen LogP contribution is -2.44. The van der Waals surface area contributed by atoms with Crippen LogP contribution in [0.25, 0.3) is 0 Å². The van der Waals surface area contributed by atoms with Crippen LogP contribution in [0.2, 0.25) is 0 Å². The van der Waals surface area contributed by atoms with Crippen molar-refractivity contribution in [1.82, 2.24) is 15.1 Å². The molecular weight excluding hydrogens is 232 g/mol. The number of nitrogens with one attached hydrogen (secondary N) is 1. The smallest absolute Gasteiger partial charge is 0.254 e. The number of nitrogen functional groups attached to an aromatic ring is 1. The van der Waals surface area contributed by atoms with Crippen LogP contribution in [-0.2, 0) is 5.54 Å². The van der Waals surface area contributed by atoms with E-state index in [1.807, 2.05) is 0 Å². The van der Waals surface area contributed by atoms with E-state index in [4.69, 9.17) is 16.7 Å². The summed E-state index contributed by atoms with van der Waals surface area (Å²) in [6.45, 7) is 1.63. The van der Waals surface area contributed by atoms with Crippen molar-refractivity contribution in [3.8, 4) is 6.07 Å². The second-order valence-corrected chi connectivity index (χ2v) is 4.55. The minimum atomic E-state index is -0.597. The highest BCUT2D eigenvalue weighted by molar-refractivity contribution is 5.96. The average Bonchev–Trinajstić information content (AvgIpc) is 2.74. The Balaban J connectivity index is 2.40. The van der Waals surface area contributed by atoms with Gasteiger partial charge < -0.3 is 16.8 Å². The molecule has 18 heavy (non-hydrogen) atoms. The molecule has 2 rings (SSSR count). The molecule has 1 aromatic heterocycles. The second-order valence-electron chi connectivity index (χ2n) is 4.55. The summed E-state index contributed by atoms with van der Waals surface area (Å²) in [6, 6.07) is 2.19. The first-order valence-electron chi connectivity index (χ1n) is 5.82. The fourth-order valence-corrected chi connectivity index (χ4v) is 2.35. The van der Waals surface area contributed by atoms with E-state index in [-0.39, 0.29) is 16.9 Å². The van der Waals surface area contributed by atoms with Crippen molar-refractivity contribution in [3.05, 3.63) is 11.8 Å². The summed E-state index contributed by atoms with van der Waals surface area (Å²) >= 11 is 0. The summed E-state index contributed by atoms with van der Waals surface area (Å²) in [4.78, 5) is 11.2. The van der Waals surface area contributed by atoms with Gasteiger partial charge >= 0.3 is 0 Å². The lowest BCUT2D eigenvalue weighted by atomic mass is 9.86. The van der Waals surface area contributed by atoms with Gasteiger partial charge in [0.2, 0.25) is 0 Å². The second kappa shape index (κ2) is 4.66. The van der Waals surface area contributed by atoms with Crippen LogP contribution in [-0.4, -0.2) is 28.8 Å². The molecule has 5 N–H and O–H groups in total. The summed E-state index contributed by atoms with van der Waals surface area (Å²) in [5.41, 5.74) is 10.7. The van der Waals surface area contributed by atoms with Crippen LogP contribution in [0.3, 0.4) is 0 Å². The van der Waals surface area contributed by atoms with Gasteiger partial charge in [0.1, 0.15) is 5.56 Å². The predicted molar refractivity (Wildman–Crippen MR) is 65.5 cm³/mol. The monoisotopic (exact) mass is 248 g/mol. The molecule has 1 aliphatic rings. The number of anilines is 1. The van der Waals surface area contributed by atoms with Gasteiger partial charge in [-0.3, -0.25) is 9.48 Å². The summed E-state index contributed by atoms with van der Waals surface area (Å²) in [7, 11) is 0. The normalized spacial score (nSPS) is 18.2. The Kier molecular flexibility index (Phi) is 3.21. The Hall–Kier alpha value is -2.07. The first kappa shape index (κ1) is 12.4. The standard InChI is InChI=1S/C11H16N6O/c12-4-1-11(2-5-15-6-3-11)17-7-8(10(14)18)9(13)16-17/h7,15H,1-3,5-6H2,(H2,13,16)(H2,14,18). The number of amides is 1. The summed E-state index contributed by atoms with van der Waals surface area (Å²) in [6.07, 6.45) is 3.45. The van der Waals surface area contributed by atoms with Crippen LogP contribution < -0.4 is 16.8 Å². The van der Waals surface area contributed by atoms with E-state index in [2.05, 4.69) is 16.5 Å². The highest BCUT2D eigenvalue weighted by Crippen LogP contribution is 2.31. The van der Waals surface area contributed by atoms with E-state index in [0.29, 0.717) is 6.42 Å². The van der Waals surface area contributed by atoms with Gasteiger partial charge in [0.15, 0.2) is 5.82 Å². The molecule has 2 heterocycles. The van der Waals surface area contributed by atoms with E-state index in [9.17, 15) is 4.79 Å². The maximum Gasteiger partial charge on any atom is 0.254 e. The Morgan fingerprint density at radius 3 is 2.78 bits per heavy atom. The van der Waals surface area contributed by atoms with E-state index in [1.54, 1.807) is 10.9 Å². The summed E-state index contributed by atoms with van der Waals surface area (Å²) < 4.78 is 1.65. The van der Waals surface area contributed by atoms with Crippen molar-refractivity contribution in [3.63, 3.8) is 0 Å². The van der Waals surface area contributed by atoms with Gasteiger partial charge in [-0.15, -0.1) is 0 Å². The molecule has 96 valence electrons. The van der Waals surface area contributed by atoms with Crippen LogP contribution in [0.5, 0.6) is 0 Å². The number of primary amides is 1. The lowest BCUT2D eigenvalue weighted by Gasteiger charge is -2.36. The number of nitriles is 1. The van der Waals surface area contributed by atoms with E-state index < -0.39 is 5.91 Å². The SMILES string of the molecule is N#CCC1(n2cc(C(N)=O)c(N)n2)CCNCC1. The Morgan fingerprint density at radius 1 is 1.61 bits per heavy atom. The molecule has 1 aliphatic heterocycles. The fraction of sp³-hybridized carbons (Fsp3) is 0.545. The number of carbonyl (C=O) groups excluding carboxylic acids is 1. The maximum absolute atomic E-state index is 11.2. The molecule has 1 aromatic rings. The first-order chi connectivity index (χ1) is 8.59. The third-order valence-corrected chi connectivity index (χ3v) is 3.44. The van der Waals surface area contributed by atoms with Crippen LogP contribution in [0.15, 0.2) is 6.20 Å². The number of carbonyl (C=O) groups is 1. The topological polar surface area (TPSA) is 123 Å². The molecule has 1 amide bonds. The van der Waals surface area contributed by atoms with Crippen LogP contribution >= 0.6 is 0 Å². The molecule has 0 saturated carbocycles. The summed E-state index contributed by atoms with van der Waals surface area (Å²) in [5.74, 6) is -0.474. The number of hydrogen-bond acceptors (Lipinski definition) is 5. The van der Waals surface area contributed by atoms with Gasteiger partial charge in [-0.25, -0.2) is 0 Å². The molecule has 0 bridgehead atoms. The Morgan fingerprint density at radius 2 is 2.28 bits per heavy atom. The van der Waals surface area contributed by atoms with E-state index >= 15 is 0 Å². The van der Waals surface area contributed by atoms with Gasteiger partial charge in [0.05, 0.1) is 18.0 Å². The van der Waals surface area contributed by atoms with Crippen LogP contribution in [0.1, 0.15) is 29.6 Å². The zero-order valence-electron chi connectivity index (χ0n) is 10.0. The van der Waals surface area contributed by atoms with Gasteiger partial charge in [-0.05, 0) is 25.9 Å². The number of nitrogens with two attached hydrogens (primary N) is 2. The van der Waals surface area contributed by atoms with E-state index in [0.717, 1.165) is 25.9 Å². The third kappa shape index (κ3) is 2.02. The number of rotatable bonds is 3. The average molecular weight is 248 g/mol. The number of hydrogen-bond donors (Lipinski definition) is 3. The highest BCUT2D eigenvalue weighted by Gasteiger charge is 2.35. The third-order valence-electron chi connectivity index (χ3n) is 3.44. The predicted octanol–water partition coefficient (Wildman–Crippen LogP) is -0.443. The van der Waals surface area contributed by atoms with Crippen molar-refractivity contribution in [2.75, 3.05) is 18.8 Å². The van der Waals surface area contributed by atoms with Gasteiger partial charge in [0.25, 0.3) is 5.91 Å². The van der Waals surface area contributed by atoms with Gasteiger partial charge in [-0.1, -0.05) is 0 Å². The van der Waals surface area contributed by atoms with Crippen LogP contribution in [0.4, 0.5) is 5.82 Å². The maximum atomic E-state index is 11.2. The van der Waals surface area contributed by atoms with Crippen molar-refractivity contribution in [1.29, 1.82) is 5.26 Å². The van der Waals surface area contributed by atoms with Crippen molar-refractivity contribution >= 4 is 11.7 Å². The number of nitrogens with zero attached hydrogens (tertiary/aromatic N) is 3. The molecule has 1 fully saturated rings. The van der Waals surface area contributed by atoms with Crippen molar-refractivity contribution in [2.24, 2.45) is 5.73 Å². The zero-order valence-corrected chi connectivity index (χ0v) is 10.0. The number of aromatic nitrogens is 2. The molecule has 0 atom stereocenters. The highest BCUT2D eigenvalue weighted by atomic mass is 16.1. The molecule has 7 nitrogen and oxygen atoms in total. The molecule has 7 heteroatoms. The summed E-state index contributed by atoms with van der Waals surface area (Å²) in [5, 5.41) is 16.4. The van der Waals surface area contributed by atoms with Gasteiger partial charge in [0, 0.05) is 6.20 Å². The fourth-order valence-electron chi connectivity index (χ4n) is 2.35. The van der Waals surface area contributed by atoms with Crippen LogP contribution in [0, 0.1) is 11.3 Å². The molecule has 0 unspecified atom stereocenters. The quantitative estimate of drug-likeness (QED) is 0.669. The van der Waals surface area contributed by atoms with Crippen molar-refractivity contribution < 1.29 is 4.79 Å². The lowest BCUT2D eigenvalue weighted by molar-refractivity contribution is 0.100. The first-order valence-corrected chi connectivity index (χ1v) is 5.82. The molecule has 0 aromatic carbocycles. The minimum absolute atomic E-state index is 0.123. The molecule has 0 aliphatic carbocycles. The van der Waals surface area contributed by atoms with Gasteiger partial charge in [-0.2, -0.15) is 10.4 Å². The molecular formula is C11H16N6O. The molecule has 0 radical (unpaired) electrons. The van der Waals surface area contributed by atoms with Crippen molar-refractivity contribution in [2.45, 2.75) is 24.8 Å². The Labute approximate surface area is 105 Å². The minimum Gasteiger partial charge on any atom is -0.382 e. The Bertz CT molecular complexity index is 494.